The van der Waals surface area contributed by atoms with Crippen LogP contribution in [0.1, 0.15) is 64.7 Å². The van der Waals surface area contributed by atoms with Crippen LogP contribution in [0.5, 0.6) is 0 Å². The van der Waals surface area contributed by atoms with Crippen LogP contribution in [0.25, 0.3) is 0 Å². The zero-order valence-corrected chi connectivity index (χ0v) is 10.7. The van der Waals surface area contributed by atoms with Crippen molar-refractivity contribution >= 4 is 0 Å². The van der Waals surface area contributed by atoms with Crippen molar-refractivity contribution in [3.63, 3.8) is 0 Å². The Balaban J connectivity index is 1.76. The average Bonchev–Trinajstić information content (AvgIpc) is 2.77. The SMILES string of the molecule is CC[C@H](CO)NC1CCC2(CCCC2)CC1. The molecule has 0 amide bonds. The fourth-order valence-electron chi connectivity index (χ4n) is 3.65. The van der Waals surface area contributed by atoms with Gasteiger partial charge in [-0.15, -0.1) is 0 Å². The average molecular weight is 225 g/mol. The first kappa shape index (κ1) is 12.4. The van der Waals surface area contributed by atoms with Gasteiger partial charge in [0.1, 0.15) is 0 Å². The summed E-state index contributed by atoms with van der Waals surface area (Å²) in [5.74, 6) is 0. The Labute approximate surface area is 99.8 Å². The zero-order chi connectivity index (χ0) is 11.4. The molecule has 2 nitrogen and oxygen atoms in total. The van der Waals surface area contributed by atoms with Crippen LogP contribution in [0.15, 0.2) is 0 Å². The number of nitrogens with one attached hydrogen (secondary N) is 1. The third kappa shape index (κ3) is 2.78. The summed E-state index contributed by atoms with van der Waals surface area (Å²) in [5.41, 5.74) is 0.735. The van der Waals surface area contributed by atoms with Crippen molar-refractivity contribution in [3.8, 4) is 0 Å². The van der Waals surface area contributed by atoms with Gasteiger partial charge in [0.05, 0.1) is 6.61 Å². The smallest absolute Gasteiger partial charge is 0.0584 e. The summed E-state index contributed by atoms with van der Waals surface area (Å²) < 4.78 is 0. The van der Waals surface area contributed by atoms with E-state index < -0.39 is 0 Å². The molecule has 0 aromatic heterocycles. The molecule has 0 saturated heterocycles. The van der Waals surface area contributed by atoms with Gasteiger partial charge in [-0.1, -0.05) is 19.8 Å². The number of aliphatic hydroxyl groups excluding tert-OH is 1. The lowest BCUT2D eigenvalue weighted by atomic mass is 9.71. The maximum atomic E-state index is 9.20. The maximum Gasteiger partial charge on any atom is 0.0584 e. The molecule has 2 aliphatic carbocycles. The van der Waals surface area contributed by atoms with Crippen LogP contribution in [0, 0.1) is 5.41 Å². The normalized spacial score (nSPS) is 27.4. The Morgan fingerprint density at radius 1 is 1.19 bits per heavy atom. The van der Waals surface area contributed by atoms with E-state index >= 15 is 0 Å². The van der Waals surface area contributed by atoms with Crippen LogP contribution in [-0.4, -0.2) is 23.8 Å². The van der Waals surface area contributed by atoms with Crippen LogP contribution in [0.4, 0.5) is 0 Å². The van der Waals surface area contributed by atoms with E-state index in [-0.39, 0.29) is 6.61 Å². The second-order valence-corrected chi connectivity index (χ2v) is 5.94. The van der Waals surface area contributed by atoms with E-state index in [9.17, 15) is 5.11 Å². The van der Waals surface area contributed by atoms with Crippen molar-refractivity contribution in [2.75, 3.05) is 6.61 Å². The minimum atomic E-state index is 0.290. The molecule has 1 atom stereocenters. The topological polar surface area (TPSA) is 32.3 Å². The third-order valence-corrected chi connectivity index (χ3v) is 4.90. The summed E-state index contributed by atoms with van der Waals surface area (Å²) in [5, 5.41) is 12.8. The fraction of sp³-hybridized carbons (Fsp3) is 1.00. The minimum Gasteiger partial charge on any atom is -0.395 e. The van der Waals surface area contributed by atoms with Gasteiger partial charge in [-0.25, -0.2) is 0 Å². The fourth-order valence-corrected chi connectivity index (χ4v) is 3.65. The highest BCUT2D eigenvalue weighted by atomic mass is 16.3. The van der Waals surface area contributed by atoms with E-state index in [0.29, 0.717) is 12.1 Å². The van der Waals surface area contributed by atoms with Gasteiger partial charge in [0.2, 0.25) is 0 Å². The molecule has 0 radical (unpaired) electrons. The molecule has 2 aliphatic rings. The van der Waals surface area contributed by atoms with Gasteiger partial charge >= 0.3 is 0 Å². The molecule has 1 spiro atoms. The second-order valence-electron chi connectivity index (χ2n) is 5.94. The van der Waals surface area contributed by atoms with Gasteiger partial charge in [0.25, 0.3) is 0 Å². The highest BCUT2D eigenvalue weighted by molar-refractivity contribution is 4.91. The highest BCUT2D eigenvalue weighted by Gasteiger charge is 2.37. The molecule has 2 N–H and O–H groups in total. The third-order valence-electron chi connectivity index (χ3n) is 4.90. The lowest BCUT2D eigenvalue weighted by Crippen LogP contribution is -2.43. The quantitative estimate of drug-likeness (QED) is 0.771. The van der Waals surface area contributed by atoms with Crippen molar-refractivity contribution in [1.82, 2.24) is 5.32 Å². The summed E-state index contributed by atoms with van der Waals surface area (Å²) in [7, 11) is 0. The monoisotopic (exact) mass is 225 g/mol. The standard InChI is InChI=1S/C14H27NO/c1-2-12(11-16)15-13-5-9-14(10-6-13)7-3-4-8-14/h12-13,15-16H,2-11H2,1H3/t12-/m1/s1. The Kier molecular flexibility index (Phi) is 4.26. The lowest BCUT2D eigenvalue weighted by molar-refractivity contribution is 0.149. The first-order valence-electron chi connectivity index (χ1n) is 7.15. The molecule has 0 unspecified atom stereocenters. The van der Waals surface area contributed by atoms with Crippen LogP contribution >= 0.6 is 0 Å². The number of rotatable bonds is 4. The Morgan fingerprint density at radius 3 is 2.31 bits per heavy atom. The molecule has 0 aromatic rings. The summed E-state index contributed by atoms with van der Waals surface area (Å²) in [6, 6.07) is 0.992. The first-order chi connectivity index (χ1) is 7.78. The van der Waals surface area contributed by atoms with E-state index in [4.69, 9.17) is 0 Å². The Hall–Kier alpha value is -0.0800. The Bertz CT molecular complexity index is 197. The molecule has 0 aliphatic heterocycles. The van der Waals surface area contributed by atoms with Crippen LogP contribution < -0.4 is 5.32 Å². The molecule has 16 heavy (non-hydrogen) atoms. The molecule has 0 bridgehead atoms. The zero-order valence-electron chi connectivity index (χ0n) is 10.7. The van der Waals surface area contributed by atoms with Crippen molar-refractivity contribution < 1.29 is 5.11 Å². The predicted octanol–water partition coefficient (Wildman–Crippen LogP) is 2.85. The van der Waals surface area contributed by atoms with E-state index in [1.165, 1.54) is 51.4 Å². The molecule has 2 saturated carbocycles. The van der Waals surface area contributed by atoms with Gasteiger partial charge in [-0.3, -0.25) is 0 Å². The Morgan fingerprint density at radius 2 is 1.81 bits per heavy atom. The number of hydrogen-bond donors (Lipinski definition) is 2. The van der Waals surface area contributed by atoms with Gasteiger partial charge in [-0.2, -0.15) is 0 Å². The van der Waals surface area contributed by atoms with Crippen LogP contribution in [-0.2, 0) is 0 Å². The van der Waals surface area contributed by atoms with E-state index in [1.807, 2.05) is 0 Å². The van der Waals surface area contributed by atoms with Gasteiger partial charge in [0, 0.05) is 12.1 Å². The molecule has 0 aromatic carbocycles. The molecule has 2 rings (SSSR count). The van der Waals surface area contributed by atoms with Gasteiger partial charge in [0.15, 0.2) is 0 Å². The van der Waals surface area contributed by atoms with Crippen molar-refractivity contribution in [2.45, 2.75) is 76.8 Å². The summed E-state index contributed by atoms with van der Waals surface area (Å²) >= 11 is 0. The first-order valence-corrected chi connectivity index (χ1v) is 7.15. The molecule has 2 heteroatoms. The number of hydrogen-bond acceptors (Lipinski definition) is 2. The maximum absolute atomic E-state index is 9.20. The predicted molar refractivity (Wildman–Crippen MR) is 67.5 cm³/mol. The lowest BCUT2D eigenvalue weighted by Gasteiger charge is -2.38. The second kappa shape index (κ2) is 5.50. The number of aliphatic hydroxyl groups is 1. The molecule has 94 valence electrons. The van der Waals surface area contributed by atoms with Crippen molar-refractivity contribution in [3.05, 3.63) is 0 Å². The minimum absolute atomic E-state index is 0.290. The summed E-state index contributed by atoms with van der Waals surface area (Å²) in [6.07, 6.45) is 12.4. The van der Waals surface area contributed by atoms with Gasteiger partial charge < -0.3 is 10.4 Å². The van der Waals surface area contributed by atoms with Crippen molar-refractivity contribution in [1.29, 1.82) is 0 Å². The van der Waals surface area contributed by atoms with E-state index in [0.717, 1.165) is 11.8 Å². The van der Waals surface area contributed by atoms with Crippen molar-refractivity contribution in [2.24, 2.45) is 5.41 Å². The molecular weight excluding hydrogens is 198 g/mol. The summed E-state index contributed by atoms with van der Waals surface area (Å²) in [4.78, 5) is 0. The molecule has 2 fully saturated rings. The van der Waals surface area contributed by atoms with Gasteiger partial charge in [-0.05, 0) is 50.4 Å². The highest BCUT2D eigenvalue weighted by Crippen LogP contribution is 2.48. The van der Waals surface area contributed by atoms with Crippen LogP contribution in [0.2, 0.25) is 0 Å². The van der Waals surface area contributed by atoms with E-state index in [2.05, 4.69) is 12.2 Å². The van der Waals surface area contributed by atoms with E-state index in [1.54, 1.807) is 0 Å². The largest absolute Gasteiger partial charge is 0.395 e. The molecular formula is C14H27NO. The summed E-state index contributed by atoms with van der Waals surface area (Å²) in [6.45, 7) is 2.44. The molecule has 0 heterocycles. The van der Waals surface area contributed by atoms with Crippen LogP contribution in [0.3, 0.4) is 0 Å².